The predicted octanol–water partition coefficient (Wildman–Crippen LogP) is 2.69. The van der Waals surface area contributed by atoms with Gasteiger partial charge in [-0.2, -0.15) is 4.79 Å². The molecule has 2 aromatic rings. The van der Waals surface area contributed by atoms with Crippen molar-refractivity contribution in [3.8, 4) is 0 Å². The van der Waals surface area contributed by atoms with Crippen molar-refractivity contribution in [3.05, 3.63) is 35.8 Å². The van der Waals surface area contributed by atoms with Crippen molar-refractivity contribution in [1.29, 1.82) is 0 Å². The van der Waals surface area contributed by atoms with Crippen LogP contribution in [-0.2, 0) is 4.74 Å². The number of fused-ring (bicyclic) bond motifs is 1. The molecule has 0 aliphatic carbocycles. The van der Waals surface area contributed by atoms with Gasteiger partial charge in [0.25, 0.3) is 0 Å². The van der Waals surface area contributed by atoms with E-state index in [-0.39, 0.29) is 22.3 Å². The first kappa shape index (κ1) is 10.6. The summed E-state index contributed by atoms with van der Waals surface area (Å²) >= 11 is 0. The first-order chi connectivity index (χ1) is 7.66. The van der Waals surface area contributed by atoms with Gasteiger partial charge >= 0.3 is 5.97 Å². The molecule has 0 aliphatic heterocycles. The fourth-order valence-corrected chi connectivity index (χ4v) is 1.53. The lowest BCUT2D eigenvalue weighted by Crippen LogP contribution is -2.09. The number of carbonyl (C=O) groups excluding carboxylic acids is 1. The van der Waals surface area contributed by atoms with Gasteiger partial charge in [-0.25, -0.2) is 9.18 Å². The second-order valence-electron chi connectivity index (χ2n) is 3.18. The van der Waals surface area contributed by atoms with Crippen LogP contribution in [0.4, 0.5) is 8.87 Å². The largest absolute Gasteiger partial charge is 0.461 e. The highest BCUT2D eigenvalue weighted by Crippen LogP contribution is 2.25. The average molecular weight is 225 g/mol. The van der Waals surface area contributed by atoms with E-state index in [4.69, 9.17) is 0 Å². The van der Waals surface area contributed by atoms with Gasteiger partial charge in [0, 0.05) is 5.39 Å². The molecular formula is C11H9F2NO2. The van der Waals surface area contributed by atoms with Gasteiger partial charge in [0.2, 0.25) is 0 Å². The number of esters is 1. The third-order valence-corrected chi connectivity index (χ3v) is 2.23. The van der Waals surface area contributed by atoms with E-state index in [2.05, 4.69) is 4.74 Å². The number of benzene rings is 1. The van der Waals surface area contributed by atoms with E-state index in [9.17, 15) is 13.7 Å². The summed E-state index contributed by atoms with van der Waals surface area (Å²) < 4.78 is 31.9. The van der Waals surface area contributed by atoms with E-state index in [1.54, 1.807) is 19.1 Å². The zero-order valence-electron chi connectivity index (χ0n) is 8.54. The molecule has 0 bridgehead atoms. The summed E-state index contributed by atoms with van der Waals surface area (Å²) in [4.78, 5) is 11.3. The molecule has 0 spiro atoms. The predicted molar refractivity (Wildman–Crippen MR) is 54.4 cm³/mol. The van der Waals surface area contributed by atoms with Crippen LogP contribution in [0.1, 0.15) is 17.4 Å². The molecule has 5 heteroatoms. The van der Waals surface area contributed by atoms with Gasteiger partial charge in [0.05, 0.1) is 12.1 Å². The van der Waals surface area contributed by atoms with E-state index in [0.29, 0.717) is 0 Å². The Morgan fingerprint density at radius 3 is 2.75 bits per heavy atom. The van der Waals surface area contributed by atoms with Gasteiger partial charge in [0.1, 0.15) is 0 Å². The lowest BCUT2D eigenvalue weighted by atomic mass is 10.2. The van der Waals surface area contributed by atoms with Crippen LogP contribution >= 0.6 is 0 Å². The zero-order chi connectivity index (χ0) is 11.7. The van der Waals surface area contributed by atoms with Crippen LogP contribution in [0.15, 0.2) is 24.3 Å². The van der Waals surface area contributed by atoms with Gasteiger partial charge in [-0.05, 0) is 19.1 Å². The molecule has 0 saturated carbocycles. The molecule has 1 aromatic carbocycles. The second-order valence-corrected chi connectivity index (χ2v) is 3.18. The van der Waals surface area contributed by atoms with E-state index >= 15 is 0 Å². The quantitative estimate of drug-likeness (QED) is 0.736. The Morgan fingerprint density at radius 1 is 1.44 bits per heavy atom. The van der Waals surface area contributed by atoms with Gasteiger partial charge in [-0.1, -0.05) is 16.6 Å². The van der Waals surface area contributed by atoms with Crippen LogP contribution in [0.2, 0.25) is 0 Å². The van der Waals surface area contributed by atoms with Crippen molar-refractivity contribution in [2.24, 2.45) is 0 Å². The Balaban J connectivity index is 2.66. The molecule has 2 rings (SSSR count). The first-order valence-corrected chi connectivity index (χ1v) is 4.79. The number of rotatable bonds is 2. The van der Waals surface area contributed by atoms with Gasteiger partial charge < -0.3 is 4.74 Å². The molecule has 1 aromatic heterocycles. The zero-order valence-corrected chi connectivity index (χ0v) is 8.54. The highest BCUT2D eigenvalue weighted by molar-refractivity contribution is 5.96. The highest BCUT2D eigenvalue weighted by atomic mass is 19.2. The standard InChI is InChI=1S/C11H9F2NO2/c1-2-16-11(15)10-9(12)7-5-3-4-6-8(7)14(10)13/h3-6H,2H2,1H3. The smallest absolute Gasteiger partial charge is 0.360 e. The number of halogens is 2. The fourth-order valence-electron chi connectivity index (χ4n) is 1.53. The number of ether oxygens (including phenoxy) is 1. The van der Waals surface area contributed by atoms with Crippen molar-refractivity contribution < 1.29 is 18.4 Å². The molecule has 0 unspecified atom stereocenters. The maximum Gasteiger partial charge on any atom is 0.360 e. The number of para-hydroxylation sites is 1. The molecule has 0 N–H and O–H groups in total. The van der Waals surface area contributed by atoms with E-state index in [1.807, 2.05) is 0 Å². The molecule has 0 radical (unpaired) electrons. The van der Waals surface area contributed by atoms with Crippen LogP contribution in [0.5, 0.6) is 0 Å². The van der Waals surface area contributed by atoms with E-state index in [0.717, 1.165) is 0 Å². The van der Waals surface area contributed by atoms with E-state index < -0.39 is 17.5 Å². The molecule has 84 valence electrons. The maximum atomic E-state index is 13.7. The molecule has 3 nitrogen and oxygen atoms in total. The topological polar surface area (TPSA) is 31.2 Å². The minimum atomic E-state index is -1.00. The Labute approximate surface area is 90.2 Å². The molecule has 1 heterocycles. The number of carbonyl (C=O) groups is 1. The Morgan fingerprint density at radius 2 is 2.12 bits per heavy atom. The maximum absolute atomic E-state index is 13.7. The molecular weight excluding hydrogens is 216 g/mol. The Hall–Kier alpha value is -1.91. The van der Waals surface area contributed by atoms with Crippen molar-refractivity contribution in [3.63, 3.8) is 0 Å². The molecule has 0 amide bonds. The Bertz CT molecular complexity index is 509. The van der Waals surface area contributed by atoms with Crippen molar-refractivity contribution in [1.82, 2.24) is 4.79 Å². The SMILES string of the molecule is CCOC(=O)c1c(F)c2ccccc2n1F. The van der Waals surface area contributed by atoms with Crippen LogP contribution in [0.3, 0.4) is 0 Å². The van der Waals surface area contributed by atoms with Gasteiger partial charge in [0.15, 0.2) is 11.5 Å². The summed E-state index contributed by atoms with van der Waals surface area (Å²) in [5.41, 5.74) is -0.675. The summed E-state index contributed by atoms with van der Waals surface area (Å²) in [7, 11) is 0. The summed E-state index contributed by atoms with van der Waals surface area (Å²) in [6.45, 7) is 1.64. The summed E-state index contributed by atoms with van der Waals surface area (Å²) in [6.07, 6.45) is 0. The highest BCUT2D eigenvalue weighted by Gasteiger charge is 2.24. The number of hydrogen-bond acceptors (Lipinski definition) is 2. The van der Waals surface area contributed by atoms with E-state index in [1.165, 1.54) is 12.1 Å². The Kier molecular flexibility index (Phi) is 2.60. The van der Waals surface area contributed by atoms with Crippen molar-refractivity contribution in [2.45, 2.75) is 6.92 Å². The first-order valence-electron chi connectivity index (χ1n) is 4.79. The molecule has 0 atom stereocenters. The van der Waals surface area contributed by atoms with Crippen molar-refractivity contribution in [2.75, 3.05) is 6.61 Å². The second kappa shape index (κ2) is 3.92. The molecule has 0 aliphatic rings. The van der Waals surface area contributed by atoms with Gasteiger partial charge in [-0.3, -0.25) is 0 Å². The average Bonchev–Trinajstić information content (AvgIpc) is 2.53. The normalized spacial score (nSPS) is 10.7. The minimum absolute atomic E-state index is 0.0165. The lowest BCUT2D eigenvalue weighted by Gasteiger charge is -2.00. The van der Waals surface area contributed by atoms with Crippen LogP contribution in [0, 0.1) is 5.82 Å². The monoisotopic (exact) mass is 225 g/mol. The third kappa shape index (κ3) is 1.44. The summed E-state index contributed by atoms with van der Waals surface area (Å²) in [5.74, 6) is -1.89. The minimum Gasteiger partial charge on any atom is -0.461 e. The molecule has 16 heavy (non-hydrogen) atoms. The summed E-state index contributed by atoms with van der Waals surface area (Å²) in [5, 5.41) is 0.0630. The molecule has 0 fully saturated rings. The van der Waals surface area contributed by atoms with Crippen LogP contribution in [-0.4, -0.2) is 17.4 Å². The summed E-state index contributed by atoms with van der Waals surface area (Å²) in [6, 6.07) is 5.93. The molecule has 0 saturated heterocycles. The van der Waals surface area contributed by atoms with Crippen LogP contribution in [0.25, 0.3) is 10.9 Å². The number of hydrogen-bond donors (Lipinski definition) is 0. The number of nitrogens with zero attached hydrogens (tertiary/aromatic N) is 1. The van der Waals surface area contributed by atoms with Crippen LogP contribution < -0.4 is 0 Å². The van der Waals surface area contributed by atoms with Crippen molar-refractivity contribution >= 4 is 16.9 Å². The number of aromatic nitrogens is 1. The lowest BCUT2D eigenvalue weighted by molar-refractivity contribution is 0.0497. The third-order valence-electron chi connectivity index (χ3n) is 2.23. The fraction of sp³-hybridized carbons (Fsp3) is 0.182. The van der Waals surface area contributed by atoms with Gasteiger partial charge in [-0.15, -0.1) is 0 Å².